The van der Waals surface area contributed by atoms with Crippen molar-refractivity contribution in [3.05, 3.63) is 52.5 Å². The lowest BCUT2D eigenvalue weighted by Gasteiger charge is -2.24. The van der Waals surface area contributed by atoms with Gasteiger partial charge in [0.2, 0.25) is 11.8 Å². The number of hydrogen-bond donors (Lipinski definition) is 2. The van der Waals surface area contributed by atoms with Gasteiger partial charge in [-0.2, -0.15) is 18.4 Å². The van der Waals surface area contributed by atoms with Gasteiger partial charge in [0.05, 0.1) is 11.5 Å². The summed E-state index contributed by atoms with van der Waals surface area (Å²) in [5.41, 5.74) is 4.52. The average molecular weight is 435 g/mol. The van der Waals surface area contributed by atoms with Gasteiger partial charge >= 0.3 is 6.18 Å². The zero-order valence-electron chi connectivity index (χ0n) is 16.8. The van der Waals surface area contributed by atoms with Gasteiger partial charge in [-0.15, -0.1) is 5.10 Å². The highest BCUT2D eigenvalue weighted by molar-refractivity contribution is 5.77. The van der Waals surface area contributed by atoms with E-state index in [9.17, 15) is 23.2 Å². The quantitative estimate of drug-likeness (QED) is 0.721. The van der Waals surface area contributed by atoms with E-state index in [2.05, 4.69) is 5.10 Å². The molecule has 0 aliphatic carbocycles. The van der Waals surface area contributed by atoms with E-state index in [4.69, 9.17) is 15.2 Å². The summed E-state index contributed by atoms with van der Waals surface area (Å²) < 4.78 is 51.0. The molecule has 0 spiro atoms. The van der Waals surface area contributed by atoms with Crippen molar-refractivity contribution in [1.29, 1.82) is 5.26 Å². The van der Waals surface area contributed by atoms with Crippen LogP contribution >= 0.6 is 0 Å². The van der Waals surface area contributed by atoms with E-state index in [1.54, 1.807) is 4.90 Å². The van der Waals surface area contributed by atoms with Crippen LogP contribution in [-0.4, -0.2) is 40.7 Å². The summed E-state index contributed by atoms with van der Waals surface area (Å²) >= 11 is 0. The van der Waals surface area contributed by atoms with Gasteiger partial charge in [0, 0.05) is 13.1 Å². The fraction of sp³-hybridized carbons (Fsp3) is 0.350. The van der Waals surface area contributed by atoms with Crippen molar-refractivity contribution >= 4 is 5.91 Å². The number of aromatic amines is 1. The lowest BCUT2D eigenvalue weighted by atomic mass is 9.84. The van der Waals surface area contributed by atoms with Crippen LogP contribution < -0.4 is 15.2 Å². The molecule has 8 nitrogen and oxygen atoms in total. The normalized spacial score (nSPS) is 15.7. The van der Waals surface area contributed by atoms with Gasteiger partial charge in [0.1, 0.15) is 23.1 Å². The number of fused-ring (bicyclic) bond motifs is 1. The number of nitriles is 1. The van der Waals surface area contributed by atoms with E-state index in [1.165, 1.54) is 24.3 Å². The average Bonchev–Trinajstić information content (AvgIpc) is 3.16. The Balaban J connectivity index is 1.91. The maximum absolute atomic E-state index is 13.5. The van der Waals surface area contributed by atoms with E-state index in [1.807, 2.05) is 25.0 Å². The van der Waals surface area contributed by atoms with Crippen molar-refractivity contribution in [2.24, 2.45) is 5.73 Å². The molecule has 0 fully saturated rings. The molecule has 164 valence electrons. The van der Waals surface area contributed by atoms with Crippen LogP contribution in [0.4, 0.5) is 13.2 Å². The summed E-state index contributed by atoms with van der Waals surface area (Å²) in [5.74, 6) is -1.60. The molecule has 2 heterocycles. The molecule has 1 aliphatic rings. The predicted octanol–water partition coefficient (Wildman–Crippen LogP) is 2.89. The molecule has 31 heavy (non-hydrogen) atoms. The maximum atomic E-state index is 13.5. The van der Waals surface area contributed by atoms with Crippen LogP contribution in [0.15, 0.2) is 35.7 Å². The number of rotatable bonds is 6. The first-order valence-corrected chi connectivity index (χ1v) is 9.44. The number of likely N-dealkylation sites (N-methyl/N-ethyl adjacent to an activating group) is 1. The van der Waals surface area contributed by atoms with Crippen LogP contribution in [0.1, 0.15) is 36.6 Å². The van der Waals surface area contributed by atoms with Gasteiger partial charge in [0.25, 0.3) is 5.91 Å². The van der Waals surface area contributed by atoms with E-state index >= 15 is 0 Å². The number of carbonyl (C=O) groups excluding carboxylic acids is 1. The van der Waals surface area contributed by atoms with Crippen molar-refractivity contribution < 1.29 is 27.4 Å². The summed E-state index contributed by atoms with van der Waals surface area (Å²) in [7, 11) is 0. The predicted molar refractivity (Wildman–Crippen MR) is 103 cm³/mol. The molecule has 0 radical (unpaired) electrons. The Labute approximate surface area is 176 Å². The Morgan fingerprint density at radius 1 is 1.32 bits per heavy atom. The van der Waals surface area contributed by atoms with Crippen LogP contribution in [0.5, 0.6) is 11.6 Å². The SMILES string of the molecule is CCN(CC)C(=O)COc1ccc([C@H]2C(C#N)=C(N)Oc3n[nH]c(C(F)(F)F)c32)cc1. The molecule has 0 saturated carbocycles. The molecule has 3 rings (SSSR count). The molecule has 1 aromatic carbocycles. The number of nitrogens with zero attached hydrogens (tertiary/aromatic N) is 3. The first kappa shape index (κ1) is 22.0. The zero-order chi connectivity index (χ0) is 22.8. The summed E-state index contributed by atoms with van der Waals surface area (Å²) in [6.07, 6.45) is -4.73. The number of H-pyrrole nitrogens is 1. The molecule has 2 aromatic rings. The molecule has 1 aromatic heterocycles. The Bertz CT molecular complexity index is 1030. The maximum Gasteiger partial charge on any atom is 0.433 e. The molecular formula is C20H20F3N5O3. The van der Waals surface area contributed by atoms with Crippen molar-refractivity contribution in [2.75, 3.05) is 19.7 Å². The van der Waals surface area contributed by atoms with Crippen LogP contribution in [0, 0.1) is 11.3 Å². The van der Waals surface area contributed by atoms with Gasteiger partial charge in [-0.1, -0.05) is 12.1 Å². The number of carbonyl (C=O) groups is 1. The minimum Gasteiger partial charge on any atom is -0.484 e. The second-order valence-electron chi connectivity index (χ2n) is 6.66. The Hall–Kier alpha value is -3.68. The largest absolute Gasteiger partial charge is 0.484 e. The fourth-order valence-corrected chi connectivity index (χ4v) is 3.36. The fourth-order valence-electron chi connectivity index (χ4n) is 3.36. The van der Waals surface area contributed by atoms with Crippen LogP contribution in [0.25, 0.3) is 0 Å². The van der Waals surface area contributed by atoms with E-state index in [-0.39, 0.29) is 35.4 Å². The first-order valence-electron chi connectivity index (χ1n) is 9.44. The number of amides is 1. The molecule has 1 aliphatic heterocycles. The van der Waals surface area contributed by atoms with Gasteiger partial charge < -0.3 is 20.1 Å². The number of allylic oxidation sites excluding steroid dienone is 1. The summed E-state index contributed by atoms with van der Waals surface area (Å²) in [4.78, 5) is 13.7. The number of nitrogens with one attached hydrogen (secondary N) is 1. The number of hydrogen-bond acceptors (Lipinski definition) is 6. The Morgan fingerprint density at radius 3 is 2.52 bits per heavy atom. The minimum atomic E-state index is -4.73. The van der Waals surface area contributed by atoms with Crippen molar-refractivity contribution in [3.63, 3.8) is 0 Å². The van der Waals surface area contributed by atoms with E-state index in [0.717, 1.165) is 0 Å². The van der Waals surface area contributed by atoms with Gasteiger partial charge in [0.15, 0.2) is 6.61 Å². The first-order chi connectivity index (χ1) is 14.7. The number of nitrogens with two attached hydrogens (primary N) is 1. The smallest absolute Gasteiger partial charge is 0.433 e. The van der Waals surface area contributed by atoms with E-state index < -0.39 is 17.8 Å². The van der Waals surface area contributed by atoms with Crippen molar-refractivity contribution in [2.45, 2.75) is 25.9 Å². The number of ether oxygens (including phenoxy) is 2. The standard InChI is InChI=1S/C20H20F3N5O3/c1-3-28(4-2)14(29)10-30-12-7-5-11(6-8-12)15-13(9-24)18(25)31-19-16(15)17(26-27-19)20(21,22)23/h5-8,15H,3-4,10,25H2,1-2H3,(H,26,27)/t15-/m0/s1. The van der Waals surface area contributed by atoms with Crippen molar-refractivity contribution in [3.8, 4) is 17.7 Å². The topological polar surface area (TPSA) is 117 Å². The molecule has 3 N–H and O–H groups in total. The third-order valence-corrected chi connectivity index (χ3v) is 4.91. The molecule has 1 atom stereocenters. The van der Waals surface area contributed by atoms with Crippen LogP contribution in [-0.2, 0) is 11.0 Å². The van der Waals surface area contributed by atoms with Gasteiger partial charge in [-0.25, -0.2) is 0 Å². The third kappa shape index (κ3) is 4.28. The number of aromatic nitrogens is 2. The highest BCUT2D eigenvalue weighted by atomic mass is 19.4. The monoisotopic (exact) mass is 435 g/mol. The second-order valence-corrected chi connectivity index (χ2v) is 6.66. The number of benzene rings is 1. The molecule has 1 amide bonds. The number of halogens is 3. The van der Waals surface area contributed by atoms with Crippen molar-refractivity contribution in [1.82, 2.24) is 15.1 Å². The minimum absolute atomic E-state index is 0.162. The lowest BCUT2D eigenvalue weighted by Crippen LogP contribution is -2.34. The highest BCUT2D eigenvalue weighted by Gasteiger charge is 2.44. The molecule has 0 bridgehead atoms. The molecule has 11 heteroatoms. The third-order valence-electron chi connectivity index (χ3n) is 4.91. The summed E-state index contributed by atoms with van der Waals surface area (Å²) in [6, 6.07) is 7.87. The Kier molecular flexibility index (Phi) is 6.10. The highest BCUT2D eigenvalue weighted by Crippen LogP contribution is 2.46. The van der Waals surface area contributed by atoms with Crippen LogP contribution in [0.2, 0.25) is 0 Å². The second kappa shape index (κ2) is 8.59. The molecular weight excluding hydrogens is 415 g/mol. The summed E-state index contributed by atoms with van der Waals surface area (Å²) in [6.45, 7) is 4.66. The van der Waals surface area contributed by atoms with E-state index in [0.29, 0.717) is 24.4 Å². The van der Waals surface area contributed by atoms with Crippen LogP contribution in [0.3, 0.4) is 0 Å². The van der Waals surface area contributed by atoms with Gasteiger partial charge in [-0.05, 0) is 31.5 Å². The molecule has 0 unspecified atom stereocenters. The zero-order valence-corrected chi connectivity index (χ0v) is 16.8. The molecule has 0 saturated heterocycles. The summed E-state index contributed by atoms with van der Waals surface area (Å²) in [5, 5.41) is 15.0. The number of alkyl halides is 3. The lowest BCUT2D eigenvalue weighted by molar-refractivity contribution is -0.141. The van der Waals surface area contributed by atoms with Gasteiger partial charge in [-0.3, -0.25) is 9.89 Å². The Morgan fingerprint density at radius 2 is 1.97 bits per heavy atom.